The summed E-state index contributed by atoms with van der Waals surface area (Å²) in [4.78, 5) is 22.5. The SMILES string of the molecule is CCOc1c(N)cccc1C(=O)NCCCC(N)=O. The number of para-hydroxylation sites is 1. The van der Waals surface area contributed by atoms with Crippen LogP contribution < -0.4 is 21.5 Å². The number of ether oxygens (including phenoxy) is 1. The van der Waals surface area contributed by atoms with Crippen molar-refractivity contribution in [2.24, 2.45) is 5.73 Å². The number of carbonyl (C=O) groups is 2. The van der Waals surface area contributed by atoms with Crippen LogP contribution in [0.25, 0.3) is 0 Å². The van der Waals surface area contributed by atoms with Crippen molar-refractivity contribution in [1.29, 1.82) is 0 Å². The van der Waals surface area contributed by atoms with Crippen molar-refractivity contribution < 1.29 is 14.3 Å². The molecule has 0 radical (unpaired) electrons. The molecule has 1 aromatic carbocycles. The number of carbonyl (C=O) groups excluding carboxylic acids is 2. The number of rotatable bonds is 7. The van der Waals surface area contributed by atoms with Gasteiger partial charge in [-0.1, -0.05) is 6.07 Å². The highest BCUT2D eigenvalue weighted by molar-refractivity contribution is 5.98. The third kappa shape index (κ3) is 4.50. The van der Waals surface area contributed by atoms with Gasteiger partial charge in [0, 0.05) is 13.0 Å². The van der Waals surface area contributed by atoms with Gasteiger partial charge >= 0.3 is 0 Å². The summed E-state index contributed by atoms with van der Waals surface area (Å²) in [7, 11) is 0. The zero-order chi connectivity index (χ0) is 14.3. The number of nitrogen functional groups attached to an aromatic ring is 1. The minimum Gasteiger partial charge on any atom is -0.491 e. The van der Waals surface area contributed by atoms with Gasteiger partial charge in [-0.25, -0.2) is 0 Å². The van der Waals surface area contributed by atoms with Crippen molar-refractivity contribution in [2.45, 2.75) is 19.8 Å². The fraction of sp³-hybridized carbons (Fsp3) is 0.385. The van der Waals surface area contributed by atoms with Crippen LogP contribution in [-0.4, -0.2) is 25.0 Å². The maximum absolute atomic E-state index is 12.0. The molecule has 5 N–H and O–H groups in total. The Hall–Kier alpha value is -2.24. The van der Waals surface area contributed by atoms with Crippen LogP contribution in [0.3, 0.4) is 0 Å². The molecule has 104 valence electrons. The van der Waals surface area contributed by atoms with Gasteiger partial charge in [-0.15, -0.1) is 0 Å². The monoisotopic (exact) mass is 265 g/mol. The molecule has 2 amide bonds. The molecule has 0 saturated heterocycles. The zero-order valence-corrected chi connectivity index (χ0v) is 10.9. The van der Waals surface area contributed by atoms with E-state index in [0.717, 1.165) is 0 Å². The van der Waals surface area contributed by atoms with Gasteiger partial charge < -0.3 is 21.5 Å². The highest BCUT2D eigenvalue weighted by atomic mass is 16.5. The van der Waals surface area contributed by atoms with E-state index in [0.29, 0.717) is 36.6 Å². The Morgan fingerprint density at radius 3 is 2.74 bits per heavy atom. The predicted octanol–water partition coefficient (Wildman–Crippen LogP) is 0.663. The number of benzene rings is 1. The number of primary amides is 1. The van der Waals surface area contributed by atoms with E-state index < -0.39 is 0 Å². The number of hydrogen-bond acceptors (Lipinski definition) is 4. The van der Waals surface area contributed by atoms with Crippen LogP contribution in [0.1, 0.15) is 30.1 Å². The predicted molar refractivity (Wildman–Crippen MR) is 72.8 cm³/mol. The van der Waals surface area contributed by atoms with Crippen molar-refractivity contribution in [1.82, 2.24) is 5.32 Å². The summed E-state index contributed by atoms with van der Waals surface area (Å²) < 4.78 is 5.37. The zero-order valence-electron chi connectivity index (χ0n) is 10.9. The van der Waals surface area contributed by atoms with Gasteiger partial charge in [0.05, 0.1) is 17.9 Å². The molecular weight excluding hydrogens is 246 g/mol. The van der Waals surface area contributed by atoms with E-state index in [1.807, 2.05) is 6.92 Å². The Balaban J connectivity index is 2.66. The molecule has 0 bridgehead atoms. The van der Waals surface area contributed by atoms with Crippen LogP contribution in [0.5, 0.6) is 5.75 Å². The Morgan fingerprint density at radius 2 is 2.11 bits per heavy atom. The Labute approximate surface area is 112 Å². The molecule has 1 aromatic rings. The molecule has 1 rings (SSSR count). The third-order valence-corrected chi connectivity index (χ3v) is 2.46. The Morgan fingerprint density at radius 1 is 1.37 bits per heavy atom. The molecule has 0 aliphatic rings. The number of nitrogens with one attached hydrogen (secondary N) is 1. The number of amides is 2. The summed E-state index contributed by atoms with van der Waals surface area (Å²) in [6.07, 6.45) is 0.753. The van der Waals surface area contributed by atoms with Gasteiger partial charge in [-0.3, -0.25) is 9.59 Å². The van der Waals surface area contributed by atoms with Gasteiger partial charge in [0.25, 0.3) is 5.91 Å². The van der Waals surface area contributed by atoms with Gasteiger partial charge in [-0.2, -0.15) is 0 Å². The molecule has 6 heteroatoms. The van der Waals surface area contributed by atoms with E-state index in [4.69, 9.17) is 16.2 Å². The fourth-order valence-corrected chi connectivity index (χ4v) is 1.60. The lowest BCUT2D eigenvalue weighted by Gasteiger charge is -2.12. The number of anilines is 1. The van der Waals surface area contributed by atoms with E-state index in [2.05, 4.69) is 5.32 Å². The molecule has 0 heterocycles. The molecule has 0 unspecified atom stereocenters. The second-order valence-electron chi connectivity index (χ2n) is 3.98. The van der Waals surface area contributed by atoms with Gasteiger partial charge in [-0.05, 0) is 25.5 Å². The summed E-state index contributed by atoms with van der Waals surface area (Å²) in [5.74, 6) is -0.272. The molecule has 0 saturated carbocycles. The van der Waals surface area contributed by atoms with Gasteiger partial charge in [0.1, 0.15) is 0 Å². The van der Waals surface area contributed by atoms with Crippen molar-refractivity contribution in [3.63, 3.8) is 0 Å². The van der Waals surface area contributed by atoms with Gasteiger partial charge in [0.2, 0.25) is 5.91 Å². The van der Waals surface area contributed by atoms with E-state index in [9.17, 15) is 9.59 Å². The van der Waals surface area contributed by atoms with Crippen LogP contribution in [-0.2, 0) is 4.79 Å². The van der Waals surface area contributed by atoms with Crippen LogP contribution >= 0.6 is 0 Å². The summed E-state index contributed by atoms with van der Waals surface area (Å²) in [5.41, 5.74) is 11.6. The first-order valence-electron chi connectivity index (χ1n) is 6.14. The molecule has 6 nitrogen and oxygen atoms in total. The molecule has 0 aromatic heterocycles. The highest BCUT2D eigenvalue weighted by Gasteiger charge is 2.14. The third-order valence-electron chi connectivity index (χ3n) is 2.46. The largest absolute Gasteiger partial charge is 0.491 e. The van der Waals surface area contributed by atoms with E-state index in [1.54, 1.807) is 18.2 Å². The summed E-state index contributed by atoms with van der Waals surface area (Å²) >= 11 is 0. The van der Waals surface area contributed by atoms with E-state index in [-0.39, 0.29) is 18.2 Å². The van der Waals surface area contributed by atoms with Crippen molar-refractivity contribution >= 4 is 17.5 Å². The minimum atomic E-state index is -0.381. The fourth-order valence-electron chi connectivity index (χ4n) is 1.60. The lowest BCUT2D eigenvalue weighted by atomic mass is 10.1. The second-order valence-corrected chi connectivity index (χ2v) is 3.98. The normalized spacial score (nSPS) is 9.95. The molecule has 0 atom stereocenters. The van der Waals surface area contributed by atoms with Crippen molar-refractivity contribution in [3.05, 3.63) is 23.8 Å². The van der Waals surface area contributed by atoms with E-state index in [1.165, 1.54) is 0 Å². The standard InChI is InChI=1S/C13H19N3O3/c1-2-19-12-9(5-3-6-10(12)14)13(18)16-8-4-7-11(15)17/h3,5-6H,2,4,7-8,14H2,1H3,(H2,15,17)(H,16,18). The lowest BCUT2D eigenvalue weighted by Crippen LogP contribution is -2.26. The quantitative estimate of drug-likeness (QED) is 0.497. The minimum absolute atomic E-state index is 0.246. The van der Waals surface area contributed by atoms with Crippen molar-refractivity contribution in [3.8, 4) is 5.75 Å². The molecular formula is C13H19N3O3. The van der Waals surface area contributed by atoms with Crippen LogP contribution in [0.2, 0.25) is 0 Å². The molecule has 0 aliphatic carbocycles. The average Bonchev–Trinajstić information content (AvgIpc) is 2.36. The lowest BCUT2D eigenvalue weighted by molar-refractivity contribution is -0.118. The molecule has 19 heavy (non-hydrogen) atoms. The second kappa shape index (κ2) is 7.25. The smallest absolute Gasteiger partial charge is 0.255 e. The first kappa shape index (κ1) is 14.8. The first-order valence-corrected chi connectivity index (χ1v) is 6.14. The summed E-state index contributed by atoms with van der Waals surface area (Å²) in [6.45, 7) is 2.62. The summed E-state index contributed by atoms with van der Waals surface area (Å²) in [6, 6.07) is 5.01. The highest BCUT2D eigenvalue weighted by Crippen LogP contribution is 2.26. The average molecular weight is 265 g/mol. The number of hydrogen-bond donors (Lipinski definition) is 3. The van der Waals surface area contributed by atoms with Gasteiger partial charge in [0.15, 0.2) is 5.75 Å². The molecule has 0 fully saturated rings. The maximum atomic E-state index is 12.0. The van der Waals surface area contributed by atoms with Crippen molar-refractivity contribution in [2.75, 3.05) is 18.9 Å². The molecule has 0 aliphatic heterocycles. The topological polar surface area (TPSA) is 107 Å². The number of nitrogens with two attached hydrogens (primary N) is 2. The molecule has 0 spiro atoms. The maximum Gasteiger partial charge on any atom is 0.255 e. The summed E-state index contributed by atoms with van der Waals surface area (Å²) in [5, 5.41) is 2.70. The van der Waals surface area contributed by atoms with E-state index >= 15 is 0 Å². The first-order chi connectivity index (χ1) is 9.06. The Kier molecular flexibility index (Phi) is 5.66. The van der Waals surface area contributed by atoms with Crippen LogP contribution in [0.15, 0.2) is 18.2 Å². The van der Waals surface area contributed by atoms with Crippen LogP contribution in [0.4, 0.5) is 5.69 Å². The van der Waals surface area contributed by atoms with Crippen LogP contribution in [0, 0.1) is 0 Å². The Bertz CT molecular complexity index is 460.